The van der Waals surface area contributed by atoms with Crippen LogP contribution in [0.25, 0.3) is 0 Å². The summed E-state index contributed by atoms with van der Waals surface area (Å²) in [6.45, 7) is 9.14. The molecule has 0 atom stereocenters. The maximum Gasteiger partial charge on any atom is 0.0540 e. The quantitative estimate of drug-likeness (QED) is 0.679. The first-order valence-electron chi connectivity index (χ1n) is 7.28. The average molecular weight is 241 g/mol. The van der Waals surface area contributed by atoms with E-state index in [1.165, 1.54) is 38.5 Å². The molecule has 0 aromatic heterocycles. The van der Waals surface area contributed by atoms with Crippen molar-refractivity contribution in [2.24, 2.45) is 0 Å². The van der Waals surface area contributed by atoms with Crippen LogP contribution in [0.3, 0.4) is 0 Å². The number of hydrogen-bond acceptors (Lipinski definition) is 2. The minimum absolute atomic E-state index is 0.0359. The lowest BCUT2D eigenvalue weighted by atomic mass is 9.83. The Morgan fingerprint density at radius 1 is 0.824 bits per heavy atom. The number of hydrogen-bond donors (Lipinski definition) is 2. The highest BCUT2D eigenvalue weighted by Gasteiger charge is 2.31. The fourth-order valence-electron chi connectivity index (χ4n) is 3.09. The van der Waals surface area contributed by atoms with Crippen LogP contribution in [0.2, 0.25) is 0 Å². The summed E-state index contributed by atoms with van der Waals surface area (Å²) in [6.07, 6.45) is 9.92. The van der Waals surface area contributed by atoms with E-state index >= 15 is 0 Å². The third kappa shape index (κ3) is 6.42. The van der Waals surface area contributed by atoms with Gasteiger partial charge in [-0.15, -0.1) is 0 Å². The first kappa shape index (κ1) is 15.0. The van der Waals surface area contributed by atoms with Crippen LogP contribution in [0.5, 0.6) is 0 Å². The largest absolute Gasteiger partial charge is 0.393 e. The maximum atomic E-state index is 8.91. The zero-order valence-electron chi connectivity index (χ0n) is 12.2. The SMILES string of the molecule is CC1(C)CCCC(C)(C)N1.OC1CCCCC1. The van der Waals surface area contributed by atoms with Gasteiger partial charge in [-0.3, -0.25) is 0 Å². The molecule has 0 spiro atoms. The molecule has 1 heterocycles. The second kappa shape index (κ2) is 6.19. The summed E-state index contributed by atoms with van der Waals surface area (Å²) in [4.78, 5) is 0. The summed E-state index contributed by atoms with van der Waals surface area (Å²) in [5.74, 6) is 0. The Morgan fingerprint density at radius 2 is 1.29 bits per heavy atom. The maximum absolute atomic E-state index is 8.91. The highest BCUT2D eigenvalue weighted by Crippen LogP contribution is 2.27. The molecule has 2 aliphatic rings. The van der Waals surface area contributed by atoms with E-state index in [2.05, 4.69) is 33.0 Å². The van der Waals surface area contributed by atoms with Crippen molar-refractivity contribution in [3.05, 3.63) is 0 Å². The number of rotatable bonds is 0. The molecule has 1 aliphatic carbocycles. The van der Waals surface area contributed by atoms with Crippen LogP contribution in [-0.4, -0.2) is 22.3 Å². The molecular formula is C15H31NO. The third-order valence-corrected chi connectivity index (χ3v) is 3.86. The van der Waals surface area contributed by atoms with Crippen molar-refractivity contribution in [3.63, 3.8) is 0 Å². The Morgan fingerprint density at radius 3 is 1.53 bits per heavy atom. The minimum Gasteiger partial charge on any atom is -0.393 e. The van der Waals surface area contributed by atoms with Gasteiger partial charge in [0.2, 0.25) is 0 Å². The zero-order chi connectivity index (χ0) is 12.9. The van der Waals surface area contributed by atoms with E-state index in [4.69, 9.17) is 5.11 Å². The van der Waals surface area contributed by atoms with Crippen LogP contribution in [0.15, 0.2) is 0 Å². The summed E-state index contributed by atoms with van der Waals surface area (Å²) < 4.78 is 0. The van der Waals surface area contributed by atoms with Crippen LogP contribution < -0.4 is 5.32 Å². The van der Waals surface area contributed by atoms with Gasteiger partial charge >= 0.3 is 0 Å². The average Bonchev–Trinajstić information content (AvgIpc) is 2.15. The molecule has 0 bridgehead atoms. The Balaban J connectivity index is 0.000000181. The first-order valence-corrected chi connectivity index (χ1v) is 7.28. The van der Waals surface area contributed by atoms with Crippen LogP contribution in [0, 0.1) is 0 Å². The van der Waals surface area contributed by atoms with E-state index in [-0.39, 0.29) is 6.10 Å². The van der Waals surface area contributed by atoms with Crippen molar-refractivity contribution in [1.82, 2.24) is 5.32 Å². The van der Waals surface area contributed by atoms with Gasteiger partial charge in [0.05, 0.1) is 6.10 Å². The summed E-state index contributed by atoms with van der Waals surface area (Å²) in [5.41, 5.74) is 0.726. The molecule has 0 aromatic carbocycles. The molecule has 2 nitrogen and oxygen atoms in total. The molecule has 1 saturated heterocycles. The molecule has 2 fully saturated rings. The molecule has 102 valence electrons. The van der Waals surface area contributed by atoms with E-state index in [1.807, 2.05) is 0 Å². The summed E-state index contributed by atoms with van der Waals surface area (Å²) in [5, 5.41) is 12.5. The van der Waals surface area contributed by atoms with Gasteiger partial charge in [0, 0.05) is 11.1 Å². The summed E-state index contributed by atoms with van der Waals surface area (Å²) in [6, 6.07) is 0. The molecule has 1 aliphatic heterocycles. The van der Waals surface area contributed by atoms with E-state index < -0.39 is 0 Å². The molecule has 0 amide bonds. The van der Waals surface area contributed by atoms with Gasteiger partial charge in [-0.2, -0.15) is 0 Å². The Kier molecular flexibility index (Phi) is 5.46. The molecule has 2 heteroatoms. The van der Waals surface area contributed by atoms with Gasteiger partial charge in [-0.25, -0.2) is 0 Å². The van der Waals surface area contributed by atoms with Gasteiger partial charge in [0.1, 0.15) is 0 Å². The topological polar surface area (TPSA) is 32.3 Å². The monoisotopic (exact) mass is 241 g/mol. The highest BCUT2D eigenvalue weighted by atomic mass is 16.3. The lowest BCUT2D eigenvalue weighted by Gasteiger charge is -2.42. The number of aliphatic hydroxyl groups is 1. The van der Waals surface area contributed by atoms with Gasteiger partial charge in [-0.05, 0) is 59.8 Å². The van der Waals surface area contributed by atoms with Crippen molar-refractivity contribution in [1.29, 1.82) is 0 Å². The molecule has 2 N–H and O–H groups in total. The smallest absolute Gasteiger partial charge is 0.0540 e. The standard InChI is InChI=1S/C9H19N.C6H12O/c1-8(2)6-5-7-9(3,4)10-8;7-6-4-2-1-3-5-6/h10H,5-7H2,1-4H3;6-7H,1-5H2. The van der Waals surface area contributed by atoms with Crippen molar-refractivity contribution in [3.8, 4) is 0 Å². The van der Waals surface area contributed by atoms with E-state index in [0.29, 0.717) is 11.1 Å². The Bertz CT molecular complexity index is 203. The van der Waals surface area contributed by atoms with Crippen LogP contribution >= 0.6 is 0 Å². The Labute approximate surface area is 107 Å². The fraction of sp³-hybridized carbons (Fsp3) is 1.00. The first-order chi connectivity index (χ1) is 7.81. The van der Waals surface area contributed by atoms with Crippen molar-refractivity contribution in [2.75, 3.05) is 0 Å². The second-order valence-electron chi connectivity index (χ2n) is 7.04. The highest BCUT2D eigenvalue weighted by molar-refractivity contribution is 4.92. The molecule has 0 unspecified atom stereocenters. The second-order valence-corrected chi connectivity index (χ2v) is 7.04. The predicted molar refractivity (Wildman–Crippen MR) is 74.2 cm³/mol. The van der Waals surface area contributed by atoms with Crippen molar-refractivity contribution in [2.45, 2.75) is 96.2 Å². The Hall–Kier alpha value is -0.0800. The van der Waals surface area contributed by atoms with Gasteiger partial charge in [0.15, 0.2) is 0 Å². The summed E-state index contributed by atoms with van der Waals surface area (Å²) in [7, 11) is 0. The zero-order valence-corrected chi connectivity index (χ0v) is 12.2. The van der Waals surface area contributed by atoms with Crippen molar-refractivity contribution >= 4 is 0 Å². The number of nitrogens with one attached hydrogen (secondary N) is 1. The van der Waals surface area contributed by atoms with Crippen molar-refractivity contribution < 1.29 is 5.11 Å². The lowest BCUT2D eigenvalue weighted by molar-refractivity contribution is 0.130. The van der Waals surface area contributed by atoms with Gasteiger partial charge in [0.25, 0.3) is 0 Å². The van der Waals surface area contributed by atoms with Crippen LogP contribution in [0.4, 0.5) is 0 Å². The third-order valence-electron chi connectivity index (χ3n) is 3.86. The fourth-order valence-corrected chi connectivity index (χ4v) is 3.09. The summed E-state index contributed by atoms with van der Waals surface area (Å²) >= 11 is 0. The number of aliphatic hydroxyl groups excluding tert-OH is 1. The van der Waals surface area contributed by atoms with E-state index in [1.54, 1.807) is 0 Å². The van der Waals surface area contributed by atoms with E-state index in [0.717, 1.165) is 12.8 Å². The lowest BCUT2D eigenvalue weighted by Crippen LogP contribution is -2.55. The molecule has 2 rings (SSSR count). The molecule has 1 saturated carbocycles. The van der Waals surface area contributed by atoms with Crippen LogP contribution in [0.1, 0.15) is 79.1 Å². The number of piperidine rings is 1. The molecular weight excluding hydrogens is 210 g/mol. The van der Waals surface area contributed by atoms with Crippen LogP contribution in [-0.2, 0) is 0 Å². The predicted octanol–water partition coefficient (Wildman–Crippen LogP) is 3.63. The van der Waals surface area contributed by atoms with Gasteiger partial charge in [-0.1, -0.05) is 19.3 Å². The molecule has 0 aromatic rings. The normalized spacial score (nSPS) is 28.1. The van der Waals surface area contributed by atoms with Gasteiger partial charge < -0.3 is 10.4 Å². The molecule has 0 radical (unpaired) electrons. The van der Waals surface area contributed by atoms with E-state index in [9.17, 15) is 0 Å². The minimum atomic E-state index is 0.0359. The molecule has 17 heavy (non-hydrogen) atoms.